The molecule has 0 aliphatic rings. The van der Waals surface area contributed by atoms with Crippen molar-refractivity contribution < 1.29 is 17.9 Å². The first-order valence-electron chi connectivity index (χ1n) is 3.74. The summed E-state index contributed by atoms with van der Waals surface area (Å²) in [6.07, 6.45) is 1.22. The van der Waals surface area contributed by atoms with Crippen molar-refractivity contribution in [1.82, 2.24) is 0 Å². The lowest BCUT2D eigenvalue weighted by Crippen LogP contribution is -2.11. The van der Waals surface area contributed by atoms with Gasteiger partial charge in [-0.15, -0.1) is 13.2 Å². The fourth-order valence-electron chi connectivity index (χ4n) is 0.607. The summed E-state index contributed by atoms with van der Waals surface area (Å²) in [5.74, 6) is -0.260. The van der Waals surface area contributed by atoms with Crippen molar-refractivity contribution in [2.45, 2.75) is 19.7 Å². The van der Waals surface area contributed by atoms with Gasteiger partial charge in [0.1, 0.15) is 5.76 Å². The Morgan fingerprint density at radius 3 is 2.46 bits per heavy atom. The molecule has 0 aromatic rings. The first-order chi connectivity index (χ1) is 5.99. The van der Waals surface area contributed by atoms with Crippen molar-refractivity contribution in [3.63, 3.8) is 0 Å². The van der Waals surface area contributed by atoms with E-state index in [2.05, 4.69) is 11.3 Å². The van der Waals surface area contributed by atoms with Crippen LogP contribution in [0, 0.1) is 0 Å². The molecule has 0 radical (unpaired) electrons. The van der Waals surface area contributed by atoms with Gasteiger partial charge in [0.25, 0.3) is 0 Å². The Kier molecular flexibility index (Phi) is 4.96. The molecule has 0 bridgehead atoms. The number of hydrogen-bond donors (Lipinski definition) is 0. The van der Waals surface area contributed by atoms with Gasteiger partial charge in [-0.05, 0) is 18.6 Å². The SMILES string of the molecule is C=C/C=C(\C=CCC)OC(F)(F)F. The third-order valence-electron chi connectivity index (χ3n) is 1.03. The number of rotatable bonds is 4. The molecule has 0 saturated heterocycles. The van der Waals surface area contributed by atoms with E-state index in [0.717, 1.165) is 6.08 Å². The van der Waals surface area contributed by atoms with E-state index in [4.69, 9.17) is 0 Å². The molecule has 0 rings (SSSR count). The molecule has 0 spiro atoms. The average molecular weight is 192 g/mol. The summed E-state index contributed by atoms with van der Waals surface area (Å²) in [6.45, 7) is 5.10. The molecule has 0 aromatic heterocycles. The van der Waals surface area contributed by atoms with Gasteiger partial charge in [0.15, 0.2) is 0 Å². The molecular formula is C9H11F3O. The van der Waals surface area contributed by atoms with E-state index >= 15 is 0 Å². The Morgan fingerprint density at radius 2 is 2.08 bits per heavy atom. The Labute approximate surface area is 75.2 Å². The van der Waals surface area contributed by atoms with E-state index in [9.17, 15) is 13.2 Å². The van der Waals surface area contributed by atoms with Gasteiger partial charge in [0.2, 0.25) is 0 Å². The molecule has 0 heterocycles. The normalized spacial score (nSPS) is 13.4. The molecule has 0 aliphatic heterocycles. The minimum absolute atomic E-state index is 0.260. The average Bonchev–Trinajstić information content (AvgIpc) is 1.98. The molecule has 0 N–H and O–H groups in total. The Hall–Kier alpha value is -1.19. The first kappa shape index (κ1) is 11.8. The van der Waals surface area contributed by atoms with Crippen LogP contribution in [0.2, 0.25) is 0 Å². The van der Waals surface area contributed by atoms with Crippen molar-refractivity contribution in [1.29, 1.82) is 0 Å². The minimum Gasteiger partial charge on any atom is -0.406 e. The molecule has 0 aromatic carbocycles. The summed E-state index contributed by atoms with van der Waals surface area (Å²) < 4.78 is 38.9. The number of allylic oxidation sites excluding steroid dienone is 4. The van der Waals surface area contributed by atoms with Crippen LogP contribution >= 0.6 is 0 Å². The van der Waals surface area contributed by atoms with Crippen molar-refractivity contribution in [2.75, 3.05) is 0 Å². The maximum absolute atomic E-state index is 11.7. The smallest absolute Gasteiger partial charge is 0.406 e. The predicted octanol–water partition coefficient (Wildman–Crippen LogP) is 3.56. The Morgan fingerprint density at radius 1 is 1.46 bits per heavy atom. The van der Waals surface area contributed by atoms with Crippen molar-refractivity contribution in [3.8, 4) is 0 Å². The van der Waals surface area contributed by atoms with Crippen LogP contribution in [-0.2, 0) is 4.74 Å². The predicted molar refractivity (Wildman–Crippen MR) is 44.9 cm³/mol. The lowest BCUT2D eigenvalue weighted by Gasteiger charge is -2.08. The van der Waals surface area contributed by atoms with Gasteiger partial charge in [-0.1, -0.05) is 25.7 Å². The summed E-state index contributed by atoms with van der Waals surface area (Å²) in [5.41, 5.74) is 0. The van der Waals surface area contributed by atoms with Crippen LogP contribution in [0.5, 0.6) is 0 Å². The zero-order chi connectivity index (χ0) is 10.3. The van der Waals surface area contributed by atoms with E-state index in [1.54, 1.807) is 6.08 Å². The Bertz CT molecular complexity index is 213. The molecule has 4 heteroatoms. The van der Waals surface area contributed by atoms with Gasteiger partial charge in [0.05, 0.1) is 0 Å². The topological polar surface area (TPSA) is 9.23 Å². The second-order valence-electron chi connectivity index (χ2n) is 2.16. The summed E-state index contributed by atoms with van der Waals surface area (Å²) in [4.78, 5) is 0. The molecule has 0 saturated carbocycles. The van der Waals surface area contributed by atoms with Crippen LogP contribution in [0.3, 0.4) is 0 Å². The van der Waals surface area contributed by atoms with Crippen LogP contribution in [0.25, 0.3) is 0 Å². The van der Waals surface area contributed by atoms with E-state index in [0.29, 0.717) is 6.42 Å². The number of ether oxygens (including phenoxy) is 1. The van der Waals surface area contributed by atoms with E-state index in [1.165, 1.54) is 12.2 Å². The van der Waals surface area contributed by atoms with Crippen LogP contribution in [0.1, 0.15) is 13.3 Å². The highest BCUT2D eigenvalue weighted by atomic mass is 19.4. The lowest BCUT2D eigenvalue weighted by molar-refractivity contribution is -0.303. The monoisotopic (exact) mass is 192 g/mol. The molecule has 0 atom stereocenters. The molecule has 0 unspecified atom stereocenters. The Balaban J connectivity index is 4.36. The maximum atomic E-state index is 11.7. The van der Waals surface area contributed by atoms with Gasteiger partial charge in [-0.25, -0.2) is 0 Å². The number of halogens is 3. The fraction of sp³-hybridized carbons (Fsp3) is 0.333. The highest BCUT2D eigenvalue weighted by Gasteiger charge is 2.31. The van der Waals surface area contributed by atoms with Crippen molar-refractivity contribution >= 4 is 0 Å². The number of hydrogen-bond acceptors (Lipinski definition) is 1. The zero-order valence-corrected chi connectivity index (χ0v) is 7.27. The molecule has 74 valence electrons. The van der Waals surface area contributed by atoms with Gasteiger partial charge >= 0.3 is 6.36 Å². The summed E-state index contributed by atoms with van der Waals surface area (Å²) >= 11 is 0. The second kappa shape index (κ2) is 5.45. The zero-order valence-electron chi connectivity index (χ0n) is 7.27. The highest BCUT2D eigenvalue weighted by molar-refractivity contribution is 5.17. The van der Waals surface area contributed by atoms with Crippen LogP contribution in [-0.4, -0.2) is 6.36 Å². The number of alkyl halides is 3. The van der Waals surface area contributed by atoms with Gasteiger partial charge < -0.3 is 4.74 Å². The first-order valence-corrected chi connectivity index (χ1v) is 3.74. The molecular weight excluding hydrogens is 181 g/mol. The van der Waals surface area contributed by atoms with E-state index in [-0.39, 0.29) is 5.76 Å². The van der Waals surface area contributed by atoms with Crippen molar-refractivity contribution in [3.05, 3.63) is 36.6 Å². The molecule has 0 amide bonds. The second-order valence-corrected chi connectivity index (χ2v) is 2.16. The molecule has 13 heavy (non-hydrogen) atoms. The van der Waals surface area contributed by atoms with E-state index < -0.39 is 6.36 Å². The standard InChI is InChI=1S/C9H11F3O/c1-3-5-7-8(6-4-2)13-9(10,11)12/h4-7H,2-3H2,1H3/b7-5?,8-6+. The highest BCUT2D eigenvalue weighted by Crippen LogP contribution is 2.21. The quantitative estimate of drug-likeness (QED) is 0.488. The molecule has 0 aliphatic carbocycles. The summed E-state index contributed by atoms with van der Waals surface area (Å²) in [7, 11) is 0. The van der Waals surface area contributed by atoms with Crippen LogP contribution in [0.4, 0.5) is 13.2 Å². The lowest BCUT2D eigenvalue weighted by atomic mass is 10.3. The molecule has 1 nitrogen and oxygen atoms in total. The van der Waals surface area contributed by atoms with Gasteiger partial charge in [0, 0.05) is 0 Å². The summed E-state index contributed by atoms with van der Waals surface area (Å²) in [6, 6.07) is 0. The van der Waals surface area contributed by atoms with Gasteiger partial charge in [-0.2, -0.15) is 0 Å². The van der Waals surface area contributed by atoms with Crippen molar-refractivity contribution in [2.24, 2.45) is 0 Å². The summed E-state index contributed by atoms with van der Waals surface area (Å²) in [5, 5.41) is 0. The van der Waals surface area contributed by atoms with Crippen LogP contribution < -0.4 is 0 Å². The largest absolute Gasteiger partial charge is 0.573 e. The third-order valence-corrected chi connectivity index (χ3v) is 1.03. The minimum atomic E-state index is -4.65. The maximum Gasteiger partial charge on any atom is 0.573 e. The van der Waals surface area contributed by atoms with E-state index in [1.807, 2.05) is 6.92 Å². The van der Waals surface area contributed by atoms with Gasteiger partial charge in [-0.3, -0.25) is 0 Å². The molecule has 0 fully saturated rings. The third kappa shape index (κ3) is 7.18. The van der Waals surface area contributed by atoms with Crippen LogP contribution in [0.15, 0.2) is 36.6 Å². The fourth-order valence-corrected chi connectivity index (χ4v) is 0.607.